The Labute approximate surface area is 169 Å². The third kappa shape index (κ3) is 5.97. The molecule has 29 heavy (non-hydrogen) atoms. The van der Waals surface area contributed by atoms with Crippen LogP contribution in [0, 0.1) is 0 Å². The van der Waals surface area contributed by atoms with Gasteiger partial charge in [0.2, 0.25) is 5.91 Å². The Bertz CT molecular complexity index is 982. The summed E-state index contributed by atoms with van der Waals surface area (Å²) in [5, 5.41) is 7.51. The molecule has 6 heteroatoms. The molecule has 2 amide bonds. The second kappa shape index (κ2) is 10.1. The van der Waals surface area contributed by atoms with Gasteiger partial charge < -0.3 is 20.1 Å². The van der Waals surface area contributed by atoms with Crippen LogP contribution in [-0.4, -0.2) is 32.1 Å². The van der Waals surface area contributed by atoms with E-state index in [4.69, 9.17) is 9.47 Å². The monoisotopic (exact) mass is 392 g/mol. The minimum absolute atomic E-state index is 0.0700. The fraction of sp³-hybridized carbons (Fsp3) is 0.217. The van der Waals surface area contributed by atoms with E-state index in [1.165, 1.54) is 0 Å². The standard InChI is InChI=1S/C23H24N2O4/c1-24-23(27)16-29-19-10-5-9-18(15-19)25-22(26)13-6-14-28-21-12-4-8-17-7-2-3-11-20(17)21/h2-5,7-12,15H,6,13-14,16H2,1H3,(H,24,27)(H,25,26). The highest BCUT2D eigenvalue weighted by Crippen LogP contribution is 2.25. The van der Waals surface area contributed by atoms with E-state index in [1.807, 2.05) is 42.5 Å². The lowest BCUT2D eigenvalue weighted by Crippen LogP contribution is -2.24. The number of likely N-dealkylation sites (N-methyl/N-ethyl adjacent to an activating group) is 1. The van der Waals surface area contributed by atoms with Crippen molar-refractivity contribution in [2.24, 2.45) is 0 Å². The molecule has 3 rings (SSSR count). The molecular formula is C23H24N2O4. The molecule has 0 saturated carbocycles. The van der Waals surface area contributed by atoms with Crippen LogP contribution in [0.15, 0.2) is 66.7 Å². The van der Waals surface area contributed by atoms with Gasteiger partial charge in [0.05, 0.1) is 6.61 Å². The molecule has 0 aliphatic heterocycles. The Morgan fingerprint density at radius 1 is 0.897 bits per heavy atom. The molecule has 0 saturated heterocycles. The molecule has 0 spiro atoms. The lowest BCUT2D eigenvalue weighted by atomic mass is 10.1. The van der Waals surface area contributed by atoms with Crippen LogP contribution in [0.1, 0.15) is 12.8 Å². The van der Waals surface area contributed by atoms with E-state index in [2.05, 4.69) is 10.6 Å². The number of amides is 2. The number of hydrogen-bond donors (Lipinski definition) is 2. The second-order valence-electron chi connectivity index (χ2n) is 6.47. The third-order valence-corrected chi connectivity index (χ3v) is 4.32. The zero-order valence-electron chi connectivity index (χ0n) is 16.3. The summed E-state index contributed by atoms with van der Waals surface area (Å²) in [6.07, 6.45) is 0.940. The molecule has 6 nitrogen and oxygen atoms in total. The van der Waals surface area contributed by atoms with Gasteiger partial charge in [-0.05, 0) is 30.0 Å². The number of nitrogens with one attached hydrogen (secondary N) is 2. The molecule has 3 aromatic rings. The maximum atomic E-state index is 12.2. The average Bonchev–Trinajstić information content (AvgIpc) is 2.75. The lowest BCUT2D eigenvalue weighted by Gasteiger charge is -2.10. The number of carbonyl (C=O) groups is 2. The molecule has 2 N–H and O–H groups in total. The lowest BCUT2D eigenvalue weighted by molar-refractivity contribution is -0.122. The van der Waals surface area contributed by atoms with Crippen molar-refractivity contribution in [2.45, 2.75) is 12.8 Å². The number of anilines is 1. The van der Waals surface area contributed by atoms with Crippen LogP contribution < -0.4 is 20.1 Å². The van der Waals surface area contributed by atoms with Gasteiger partial charge in [0.25, 0.3) is 5.91 Å². The van der Waals surface area contributed by atoms with E-state index in [1.54, 1.807) is 31.3 Å². The van der Waals surface area contributed by atoms with Crippen molar-refractivity contribution in [3.05, 3.63) is 66.7 Å². The molecule has 3 aromatic carbocycles. The van der Waals surface area contributed by atoms with Gasteiger partial charge in [0.15, 0.2) is 6.61 Å². The first-order valence-electron chi connectivity index (χ1n) is 9.49. The minimum atomic E-state index is -0.217. The predicted molar refractivity (Wildman–Crippen MR) is 113 cm³/mol. The maximum Gasteiger partial charge on any atom is 0.257 e. The second-order valence-corrected chi connectivity index (χ2v) is 6.47. The molecule has 0 bridgehead atoms. The van der Waals surface area contributed by atoms with E-state index in [0.29, 0.717) is 30.9 Å². The van der Waals surface area contributed by atoms with Crippen molar-refractivity contribution in [1.29, 1.82) is 0 Å². The highest BCUT2D eigenvalue weighted by molar-refractivity contribution is 5.91. The molecule has 150 valence electrons. The van der Waals surface area contributed by atoms with Crippen molar-refractivity contribution >= 4 is 28.3 Å². The fourth-order valence-electron chi connectivity index (χ4n) is 2.84. The molecule has 0 aromatic heterocycles. The molecule has 0 atom stereocenters. The molecule has 0 aliphatic rings. The first-order valence-corrected chi connectivity index (χ1v) is 9.49. The zero-order chi connectivity index (χ0) is 20.5. The first kappa shape index (κ1) is 20.2. The topological polar surface area (TPSA) is 76.7 Å². The quantitative estimate of drug-likeness (QED) is 0.544. The van der Waals surface area contributed by atoms with Gasteiger partial charge in [-0.2, -0.15) is 0 Å². The van der Waals surface area contributed by atoms with Crippen LogP contribution in [-0.2, 0) is 9.59 Å². The summed E-state index contributed by atoms with van der Waals surface area (Å²) in [5.41, 5.74) is 0.624. The number of benzene rings is 3. The normalized spacial score (nSPS) is 10.4. The van der Waals surface area contributed by atoms with Crippen LogP contribution in [0.25, 0.3) is 10.8 Å². The van der Waals surface area contributed by atoms with Crippen molar-refractivity contribution in [3.8, 4) is 11.5 Å². The number of fused-ring (bicyclic) bond motifs is 1. The van der Waals surface area contributed by atoms with Gasteiger partial charge in [-0.15, -0.1) is 0 Å². The Balaban J connectivity index is 1.45. The molecule has 0 fully saturated rings. The highest BCUT2D eigenvalue weighted by Gasteiger charge is 2.06. The van der Waals surface area contributed by atoms with Gasteiger partial charge in [-0.3, -0.25) is 9.59 Å². The largest absolute Gasteiger partial charge is 0.493 e. The number of carbonyl (C=O) groups excluding carboxylic acids is 2. The average molecular weight is 392 g/mol. The summed E-state index contributed by atoms with van der Waals surface area (Å²) in [4.78, 5) is 23.4. The Morgan fingerprint density at radius 3 is 2.55 bits per heavy atom. The molecular weight excluding hydrogens is 368 g/mol. The van der Waals surface area contributed by atoms with Crippen molar-refractivity contribution in [3.63, 3.8) is 0 Å². The van der Waals surface area contributed by atoms with Crippen molar-refractivity contribution in [2.75, 3.05) is 25.6 Å². The van der Waals surface area contributed by atoms with Gasteiger partial charge in [0.1, 0.15) is 11.5 Å². The SMILES string of the molecule is CNC(=O)COc1cccc(NC(=O)CCCOc2cccc3ccccc23)c1. The van der Waals surface area contributed by atoms with E-state index >= 15 is 0 Å². The summed E-state index contributed by atoms with van der Waals surface area (Å²) in [6, 6.07) is 20.9. The number of rotatable bonds is 9. The molecule has 0 unspecified atom stereocenters. The van der Waals surface area contributed by atoms with Gasteiger partial charge in [-0.1, -0.05) is 42.5 Å². The Hall–Kier alpha value is -3.54. The van der Waals surface area contributed by atoms with Crippen LogP contribution in [0.5, 0.6) is 11.5 Å². The summed E-state index contributed by atoms with van der Waals surface area (Å²) < 4.78 is 11.2. The predicted octanol–water partition coefficient (Wildman–Crippen LogP) is 3.76. The molecule has 0 radical (unpaired) electrons. The van der Waals surface area contributed by atoms with E-state index in [9.17, 15) is 9.59 Å². The minimum Gasteiger partial charge on any atom is -0.493 e. The Morgan fingerprint density at radius 2 is 1.69 bits per heavy atom. The maximum absolute atomic E-state index is 12.2. The van der Waals surface area contributed by atoms with Crippen molar-refractivity contribution < 1.29 is 19.1 Å². The summed E-state index contributed by atoms with van der Waals surface area (Å²) in [5.74, 6) is 1.02. The van der Waals surface area contributed by atoms with Crippen LogP contribution in [0.4, 0.5) is 5.69 Å². The van der Waals surface area contributed by atoms with Crippen molar-refractivity contribution in [1.82, 2.24) is 5.32 Å². The zero-order valence-corrected chi connectivity index (χ0v) is 16.3. The Kier molecular flexibility index (Phi) is 7.05. The fourth-order valence-corrected chi connectivity index (χ4v) is 2.84. The highest BCUT2D eigenvalue weighted by atomic mass is 16.5. The molecule has 0 aliphatic carbocycles. The summed E-state index contributed by atoms with van der Waals surface area (Å²) in [6.45, 7) is 0.385. The summed E-state index contributed by atoms with van der Waals surface area (Å²) in [7, 11) is 1.55. The summed E-state index contributed by atoms with van der Waals surface area (Å²) >= 11 is 0. The van der Waals surface area contributed by atoms with Crippen LogP contribution in [0.3, 0.4) is 0 Å². The smallest absolute Gasteiger partial charge is 0.257 e. The van der Waals surface area contributed by atoms with Gasteiger partial charge >= 0.3 is 0 Å². The molecule has 0 heterocycles. The third-order valence-electron chi connectivity index (χ3n) is 4.32. The van der Waals surface area contributed by atoms with Gasteiger partial charge in [-0.25, -0.2) is 0 Å². The first-order chi connectivity index (χ1) is 14.2. The number of hydrogen-bond acceptors (Lipinski definition) is 4. The number of ether oxygens (including phenoxy) is 2. The van der Waals surface area contributed by atoms with Crippen LogP contribution in [0.2, 0.25) is 0 Å². The van der Waals surface area contributed by atoms with Crippen LogP contribution >= 0.6 is 0 Å². The van der Waals surface area contributed by atoms with E-state index < -0.39 is 0 Å². The van der Waals surface area contributed by atoms with E-state index in [0.717, 1.165) is 16.5 Å². The van der Waals surface area contributed by atoms with E-state index in [-0.39, 0.29) is 18.4 Å². The van der Waals surface area contributed by atoms with Gasteiger partial charge in [0, 0.05) is 30.6 Å².